The molecule has 18 heavy (non-hydrogen) atoms. The summed E-state index contributed by atoms with van der Waals surface area (Å²) in [6.45, 7) is 4.43. The van der Waals surface area contributed by atoms with E-state index in [4.69, 9.17) is 0 Å². The molecule has 0 saturated carbocycles. The van der Waals surface area contributed by atoms with Crippen molar-refractivity contribution in [2.45, 2.75) is 19.8 Å². The van der Waals surface area contributed by atoms with Crippen LogP contribution < -0.4 is 4.90 Å². The Morgan fingerprint density at radius 2 is 1.78 bits per heavy atom. The third-order valence-corrected chi connectivity index (χ3v) is 3.86. The summed E-state index contributed by atoms with van der Waals surface area (Å²) in [6, 6.07) is 15.2. The van der Waals surface area contributed by atoms with Gasteiger partial charge in [0.1, 0.15) is 0 Å². The Balaban J connectivity index is 2.27. The first-order valence-electron chi connectivity index (χ1n) is 6.65. The molecule has 2 aromatic rings. The second-order valence-electron chi connectivity index (χ2n) is 4.47. The highest BCUT2D eigenvalue weighted by Crippen LogP contribution is 2.26. The minimum absolute atomic E-state index is 1.07. The van der Waals surface area contributed by atoms with Crippen LogP contribution in [0.25, 0.3) is 10.8 Å². The van der Waals surface area contributed by atoms with Gasteiger partial charge in [0.15, 0.2) is 0 Å². The highest BCUT2D eigenvalue weighted by Gasteiger charge is 2.07. The summed E-state index contributed by atoms with van der Waals surface area (Å²) < 4.78 is 0. The van der Waals surface area contributed by atoms with E-state index < -0.39 is 0 Å². The molecule has 96 valence electrons. The maximum atomic E-state index is 3.50. The van der Waals surface area contributed by atoms with E-state index in [1.54, 1.807) is 0 Å². The molecule has 2 heteroatoms. The number of anilines is 1. The van der Waals surface area contributed by atoms with E-state index >= 15 is 0 Å². The summed E-state index contributed by atoms with van der Waals surface area (Å²) in [5, 5.41) is 3.79. The van der Waals surface area contributed by atoms with Crippen LogP contribution in [0.1, 0.15) is 19.8 Å². The lowest BCUT2D eigenvalue weighted by Gasteiger charge is -2.24. The molecule has 2 aromatic carbocycles. The predicted molar refractivity (Wildman–Crippen MR) is 84.9 cm³/mol. The number of hydrogen-bond acceptors (Lipinski definition) is 1. The molecule has 0 heterocycles. The van der Waals surface area contributed by atoms with E-state index in [-0.39, 0.29) is 0 Å². The number of rotatable bonds is 6. The first kappa shape index (κ1) is 13.4. The zero-order valence-electron chi connectivity index (χ0n) is 10.9. The van der Waals surface area contributed by atoms with Crippen LogP contribution in [-0.4, -0.2) is 18.4 Å². The third kappa shape index (κ3) is 3.05. The Hall–Kier alpha value is -1.02. The number of benzene rings is 2. The standard InChI is InChI=1S/C16H20BrN/c1-2-18(13-6-5-12-17)16-11-7-9-14-8-3-4-10-15(14)16/h3-4,7-11H,2,5-6,12-13H2,1H3. The maximum absolute atomic E-state index is 3.50. The lowest BCUT2D eigenvalue weighted by molar-refractivity contribution is 0.740. The average Bonchev–Trinajstić information content (AvgIpc) is 2.43. The Kier molecular flexibility index (Phi) is 5.06. The normalized spacial score (nSPS) is 10.8. The SMILES string of the molecule is CCN(CCCCBr)c1cccc2ccccc12. The number of nitrogens with zero attached hydrogens (tertiary/aromatic N) is 1. The smallest absolute Gasteiger partial charge is 0.0445 e. The van der Waals surface area contributed by atoms with Gasteiger partial charge in [-0.3, -0.25) is 0 Å². The Labute approximate surface area is 118 Å². The van der Waals surface area contributed by atoms with Crippen molar-refractivity contribution < 1.29 is 0 Å². The van der Waals surface area contributed by atoms with Crippen LogP contribution in [0.4, 0.5) is 5.69 Å². The zero-order chi connectivity index (χ0) is 12.8. The summed E-state index contributed by atoms with van der Waals surface area (Å²) in [5.74, 6) is 0. The molecule has 0 aromatic heterocycles. The van der Waals surface area contributed by atoms with Crippen molar-refractivity contribution in [3.05, 3.63) is 42.5 Å². The van der Waals surface area contributed by atoms with Crippen molar-refractivity contribution in [3.8, 4) is 0 Å². The first-order chi connectivity index (χ1) is 8.86. The van der Waals surface area contributed by atoms with Crippen molar-refractivity contribution in [2.24, 2.45) is 0 Å². The van der Waals surface area contributed by atoms with Crippen LogP contribution in [0, 0.1) is 0 Å². The van der Waals surface area contributed by atoms with Gasteiger partial charge in [-0.15, -0.1) is 0 Å². The third-order valence-electron chi connectivity index (χ3n) is 3.30. The molecular weight excluding hydrogens is 286 g/mol. The first-order valence-corrected chi connectivity index (χ1v) is 7.77. The number of alkyl halides is 1. The van der Waals surface area contributed by atoms with E-state index in [2.05, 4.69) is 70.2 Å². The van der Waals surface area contributed by atoms with Crippen LogP contribution in [0.2, 0.25) is 0 Å². The Bertz CT molecular complexity index is 490. The van der Waals surface area contributed by atoms with Crippen LogP contribution >= 0.6 is 15.9 Å². The molecule has 0 saturated heterocycles. The fraction of sp³-hybridized carbons (Fsp3) is 0.375. The summed E-state index contributed by atoms with van der Waals surface area (Å²) in [7, 11) is 0. The molecule has 0 radical (unpaired) electrons. The average molecular weight is 306 g/mol. The number of fused-ring (bicyclic) bond motifs is 1. The molecule has 0 unspecified atom stereocenters. The van der Waals surface area contributed by atoms with Gasteiger partial charge in [0.25, 0.3) is 0 Å². The molecule has 0 N–H and O–H groups in total. The second-order valence-corrected chi connectivity index (χ2v) is 5.27. The van der Waals surface area contributed by atoms with Crippen molar-refractivity contribution in [3.63, 3.8) is 0 Å². The lowest BCUT2D eigenvalue weighted by Crippen LogP contribution is -2.24. The largest absolute Gasteiger partial charge is 0.371 e. The Morgan fingerprint density at radius 3 is 2.56 bits per heavy atom. The lowest BCUT2D eigenvalue weighted by atomic mass is 10.1. The molecule has 0 atom stereocenters. The minimum atomic E-state index is 1.07. The molecule has 0 aliphatic rings. The van der Waals surface area contributed by atoms with Crippen molar-refractivity contribution in [1.82, 2.24) is 0 Å². The van der Waals surface area contributed by atoms with Gasteiger partial charge in [0.2, 0.25) is 0 Å². The molecule has 2 rings (SSSR count). The van der Waals surface area contributed by atoms with Gasteiger partial charge < -0.3 is 4.90 Å². The summed E-state index contributed by atoms with van der Waals surface area (Å²) in [5.41, 5.74) is 1.37. The molecule has 0 bridgehead atoms. The zero-order valence-corrected chi connectivity index (χ0v) is 12.5. The summed E-state index contributed by atoms with van der Waals surface area (Å²) >= 11 is 3.50. The van der Waals surface area contributed by atoms with Gasteiger partial charge in [-0.05, 0) is 31.2 Å². The van der Waals surface area contributed by atoms with Gasteiger partial charge in [-0.1, -0.05) is 52.3 Å². The number of halogens is 1. The predicted octanol–water partition coefficient (Wildman–Crippen LogP) is 4.84. The fourth-order valence-electron chi connectivity index (χ4n) is 2.33. The molecular formula is C16H20BrN. The summed E-state index contributed by atoms with van der Waals surface area (Å²) in [4.78, 5) is 2.48. The van der Waals surface area contributed by atoms with Crippen molar-refractivity contribution in [2.75, 3.05) is 23.3 Å². The van der Waals surface area contributed by atoms with E-state index in [0.29, 0.717) is 0 Å². The van der Waals surface area contributed by atoms with Crippen LogP contribution in [0.15, 0.2) is 42.5 Å². The van der Waals surface area contributed by atoms with Gasteiger partial charge in [-0.25, -0.2) is 0 Å². The summed E-state index contributed by atoms with van der Waals surface area (Å²) in [6.07, 6.45) is 2.48. The van der Waals surface area contributed by atoms with Gasteiger partial charge in [-0.2, -0.15) is 0 Å². The van der Waals surface area contributed by atoms with Gasteiger partial charge in [0, 0.05) is 29.5 Å². The number of hydrogen-bond donors (Lipinski definition) is 0. The molecule has 1 nitrogen and oxygen atoms in total. The van der Waals surface area contributed by atoms with Crippen LogP contribution in [0.5, 0.6) is 0 Å². The fourth-order valence-corrected chi connectivity index (χ4v) is 2.73. The quantitative estimate of drug-likeness (QED) is 0.545. The van der Waals surface area contributed by atoms with E-state index in [1.165, 1.54) is 29.3 Å². The van der Waals surface area contributed by atoms with E-state index in [9.17, 15) is 0 Å². The highest BCUT2D eigenvalue weighted by atomic mass is 79.9. The molecule has 0 amide bonds. The molecule has 0 aliphatic heterocycles. The topological polar surface area (TPSA) is 3.24 Å². The van der Waals surface area contributed by atoms with Crippen LogP contribution in [0.3, 0.4) is 0 Å². The van der Waals surface area contributed by atoms with E-state index in [0.717, 1.165) is 18.4 Å². The van der Waals surface area contributed by atoms with Crippen LogP contribution in [-0.2, 0) is 0 Å². The molecule has 0 fully saturated rings. The number of unbranched alkanes of at least 4 members (excludes halogenated alkanes) is 1. The van der Waals surface area contributed by atoms with Gasteiger partial charge >= 0.3 is 0 Å². The van der Waals surface area contributed by atoms with Crippen molar-refractivity contribution in [1.29, 1.82) is 0 Å². The second kappa shape index (κ2) is 6.79. The maximum Gasteiger partial charge on any atom is 0.0445 e. The Morgan fingerprint density at radius 1 is 1.00 bits per heavy atom. The monoisotopic (exact) mass is 305 g/mol. The van der Waals surface area contributed by atoms with Gasteiger partial charge in [0.05, 0.1) is 0 Å². The highest BCUT2D eigenvalue weighted by molar-refractivity contribution is 9.09. The van der Waals surface area contributed by atoms with Crippen molar-refractivity contribution >= 4 is 32.4 Å². The molecule has 0 aliphatic carbocycles. The van der Waals surface area contributed by atoms with E-state index in [1.807, 2.05) is 0 Å². The minimum Gasteiger partial charge on any atom is -0.371 e. The molecule has 0 spiro atoms.